The quantitative estimate of drug-likeness (QED) is 0.176. The number of fused-ring (bicyclic) bond motifs is 8. The van der Waals surface area contributed by atoms with E-state index in [-0.39, 0.29) is 5.56 Å². The highest BCUT2D eigenvalue weighted by Crippen LogP contribution is 2.40. The molecule has 11 rings (SSSR count). The maximum atomic E-state index is 14.9. The first kappa shape index (κ1) is 31.1. The molecule has 0 fully saturated rings. The van der Waals surface area contributed by atoms with Crippen molar-refractivity contribution in [2.45, 2.75) is 0 Å². The van der Waals surface area contributed by atoms with Crippen molar-refractivity contribution in [3.8, 4) is 39.3 Å². The van der Waals surface area contributed by atoms with Gasteiger partial charge in [-0.25, -0.2) is 0 Å². The van der Waals surface area contributed by atoms with Crippen LogP contribution in [0.25, 0.3) is 93.8 Å². The largest absolute Gasteiger partial charge is 0.309 e. The van der Waals surface area contributed by atoms with Crippen LogP contribution in [0.1, 0.15) is 0 Å². The number of rotatable bonds is 5. The highest BCUT2D eigenvalue weighted by atomic mass is 16.1. The molecule has 0 unspecified atom stereocenters. The van der Waals surface area contributed by atoms with Gasteiger partial charge < -0.3 is 9.13 Å². The second-order valence-corrected chi connectivity index (χ2v) is 14.1. The second-order valence-electron chi connectivity index (χ2n) is 14.1. The Morgan fingerprint density at radius 1 is 0.291 bits per heavy atom. The molecule has 4 heteroatoms. The van der Waals surface area contributed by atoms with Crippen LogP contribution in [0, 0.1) is 0 Å². The van der Waals surface area contributed by atoms with E-state index in [1.54, 1.807) is 0 Å². The van der Waals surface area contributed by atoms with E-state index in [0.717, 1.165) is 60.9 Å². The molecule has 0 bridgehead atoms. The van der Waals surface area contributed by atoms with Crippen LogP contribution in [-0.4, -0.2) is 13.7 Å². The van der Waals surface area contributed by atoms with Gasteiger partial charge in [0.2, 0.25) is 0 Å². The lowest BCUT2D eigenvalue weighted by Gasteiger charge is -2.13. The Morgan fingerprint density at radius 3 is 1.45 bits per heavy atom. The molecular weight excluding hydrogens is 671 g/mol. The van der Waals surface area contributed by atoms with Gasteiger partial charge in [-0.15, -0.1) is 0 Å². The van der Waals surface area contributed by atoms with Crippen LogP contribution in [0.5, 0.6) is 0 Å². The smallest absolute Gasteiger partial charge is 0.280 e. The SMILES string of the molecule is O=c1c2c(c3ccccc3n1-c1ccccc1)c1cc(-c3ccc4c(c3)c3ccccc3n4-c3cccc(-c4ccccc4)c3)ccc1n2-c1ccccc1. The zero-order valence-corrected chi connectivity index (χ0v) is 29.8. The third kappa shape index (κ3) is 4.82. The van der Waals surface area contributed by atoms with Crippen molar-refractivity contribution in [1.82, 2.24) is 13.7 Å². The summed E-state index contributed by atoms with van der Waals surface area (Å²) in [6.07, 6.45) is 0. The minimum absolute atomic E-state index is 0.0490. The topological polar surface area (TPSA) is 31.9 Å². The Morgan fingerprint density at radius 2 is 0.764 bits per heavy atom. The first-order chi connectivity index (χ1) is 27.2. The van der Waals surface area contributed by atoms with Gasteiger partial charge in [0.15, 0.2) is 0 Å². The Hall–Kier alpha value is -7.43. The molecule has 0 aliphatic rings. The fourth-order valence-corrected chi connectivity index (χ4v) is 8.61. The van der Waals surface area contributed by atoms with Crippen LogP contribution < -0.4 is 5.56 Å². The molecule has 0 aliphatic carbocycles. The summed E-state index contributed by atoms with van der Waals surface area (Å²) in [7, 11) is 0. The zero-order valence-electron chi connectivity index (χ0n) is 29.8. The van der Waals surface area contributed by atoms with Gasteiger partial charge in [-0.1, -0.05) is 127 Å². The van der Waals surface area contributed by atoms with Crippen molar-refractivity contribution in [2.75, 3.05) is 0 Å². The normalized spacial score (nSPS) is 11.7. The highest BCUT2D eigenvalue weighted by Gasteiger charge is 2.22. The van der Waals surface area contributed by atoms with Crippen LogP contribution in [-0.2, 0) is 0 Å². The molecule has 55 heavy (non-hydrogen) atoms. The van der Waals surface area contributed by atoms with E-state index in [2.05, 4.69) is 155 Å². The molecule has 4 nitrogen and oxygen atoms in total. The number of aromatic nitrogens is 3. The van der Waals surface area contributed by atoms with E-state index < -0.39 is 0 Å². The van der Waals surface area contributed by atoms with Crippen molar-refractivity contribution in [3.05, 3.63) is 211 Å². The third-order valence-corrected chi connectivity index (χ3v) is 11.0. The predicted molar refractivity (Wildman–Crippen MR) is 229 cm³/mol. The van der Waals surface area contributed by atoms with E-state index >= 15 is 0 Å². The number of hydrogen-bond acceptors (Lipinski definition) is 1. The molecule has 258 valence electrons. The van der Waals surface area contributed by atoms with Crippen LogP contribution in [0.15, 0.2) is 205 Å². The summed E-state index contributed by atoms with van der Waals surface area (Å²) >= 11 is 0. The van der Waals surface area contributed by atoms with Crippen molar-refractivity contribution in [3.63, 3.8) is 0 Å². The lowest BCUT2D eigenvalue weighted by atomic mass is 9.99. The molecule has 0 amide bonds. The van der Waals surface area contributed by atoms with Crippen molar-refractivity contribution in [2.24, 2.45) is 0 Å². The van der Waals surface area contributed by atoms with Crippen molar-refractivity contribution >= 4 is 54.5 Å². The van der Waals surface area contributed by atoms with Gasteiger partial charge in [-0.3, -0.25) is 9.36 Å². The van der Waals surface area contributed by atoms with Crippen molar-refractivity contribution in [1.29, 1.82) is 0 Å². The number of pyridine rings is 1. The number of benzene rings is 8. The van der Waals surface area contributed by atoms with E-state index in [0.29, 0.717) is 5.52 Å². The first-order valence-electron chi connectivity index (χ1n) is 18.7. The number of hydrogen-bond donors (Lipinski definition) is 0. The lowest BCUT2D eigenvalue weighted by Crippen LogP contribution is -2.21. The molecule has 0 spiro atoms. The minimum Gasteiger partial charge on any atom is -0.309 e. The predicted octanol–water partition coefficient (Wildman–Crippen LogP) is 12.5. The van der Waals surface area contributed by atoms with E-state index in [1.807, 2.05) is 59.2 Å². The Labute approximate surface area is 317 Å². The van der Waals surface area contributed by atoms with Gasteiger partial charge in [0.05, 0.1) is 22.1 Å². The summed E-state index contributed by atoms with van der Waals surface area (Å²) in [4.78, 5) is 14.9. The fourth-order valence-electron chi connectivity index (χ4n) is 8.61. The van der Waals surface area contributed by atoms with Crippen LogP contribution in [0.3, 0.4) is 0 Å². The maximum Gasteiger partial charge on any atom is 0.280 e. The van der Waals surface area contributed by atoms with Gasteiger partial charge in [0, 0.05) is 44.0 Å². The summed E-state index contributed by atoms with van der Waals surface area (Å²) in [5.74, 6) is 0. The van der Waals surface area contributed by atoms with Gasteiger partial charge in [-0.2, -0.15) is 0 Å². The minimum atomic E-state index is -0.0490. The average Bonchev–Trinajstić information content (AvgIpc) is 3.78. The second kappa shape index (κ2) is 12.3. The van der Waals surface area contributed by atoms with Gasteiger partial charge in [0.1, 0.15) is 5.52 Å². The summed E-state index contributed by atoms with van der Waals surface area (Å²) in [5.41, 5.74) is 12.3. The van der Waals surface area contributed by atoms with Crippen LogP contribution in [0.4, 0.5) is 0 Å². The Balaban J connectivity index is 1.16. The summed E-state index contributed by atoms with van der Waals surface area (Å²) < 4.78 is 6.38. The van der Waals surface area contributed by atoms with E-state index in [1.165, 1.54) is 27.4 Å². The zero-order chi connectivity index (χ0) is 36.5. The van der Waals surface area contributed by atoms with E-state index in [9.17, 15) is 4.79 Å². The lowest BCUT2D eigenvalue weighted by molar-refractivity contribution is 1.04. The van der Waals surface area contributed by atoms with Gasteiger partial charge in [0.25, 0.3) is 5.56 Å². The standard InChI is InChI=1S/C51H33N3O/c55-51-50-49(42-24-11-13-26-46(42)54(51)39-20-8-3-9-21-39)44-33-37(28-30-48(44)53(50)38-18-6-2-7-19-38)36-27-29-47-43(32-36)41-23-10-12-25-45(41)52(47)40-22-14-17-35(31-40)34-15-4-1-5-16-34/h1-33H. The molecule has 0 radical (unpaired) electrons. The highest BCUT2D eigenvalue weighted by molar-refractivity contribution is 6.21. The molecule has 0 atom stereocenters. The summed E-state index contributed by atoms with van der Waals surface area (Å²) in [6, 6.07) is 69.9. The molecule has 0 N–H and O–H groups in total. The Kier molecular flexibility index (Phi) is 6.98. The Bertz CT molecular complexity index is 3320. The summed E-state index contributed by atoms with van der Waals surface area (Å²) in [6.45, 7) is 0. The third-order valence-electron chi connectivity index (χ3n) is 11.0. The number of nitrogens with zero attached hydrogens (tertiary/aromatic N) is 3. The first-order valence-corrected chi connectivity index (χ1v) is 18.7. The number of para-hydroxylation sites is 4. The summed E-state index contributed by atoms with van der Waals surface area (Å²) in [5, 5.41) is 5.45. The fraction of sp³-hybridized carbons (Fsp3) is 0. The van der Waals surface area contributed by atoms with E-state index in [4.69, 9.17) is 0 Å². The molecule has 0 saturated carbocycles. The molecule has 8 aromatic carbocycles. The van der Waals surface area contributed by atoms with Gasteiger partial charge >= 0.3 is 0 Å². The van der Waals surface area contributed by atoms with Gasteiger partial charge in [-0.05, 0) is 95.1 Å². The molecule has 0 aliphatic heterocycles. The molecule has 11 aromatic rings. The average molecular weight is 704 g/mol. The van der Waals surface area contributed by atoms with Crippen LogP contribution in [0.2, 0.25) is 0 Å². The van der Waals surface area contributed by atoms with Crippen LogP contribution >= 0.6 is 0 Å². The van der Waals surface area contributed by atoms with Crippen molar-refractivity contribution < 1.29 is 0 Å². The monoisotopic (exact) mass is 703 g/mol. The molecule has 3 heterocycles. The molecule has 0 saturated heterocycles. The molecule has 3 aromatic heterocycles. The molecular formula is C51H33N3O. The maximum absolute atomic E-state index is 14.9.